The van der Waals surface area contributed by atoms with Crippen LogP contribution in [0.15, 0.2) is 23.1 Å². The second-order valence-electron chi connectivity index (χ2n) is 10.5. The summed E-state index contributed by atoms with van der Waals surface area (Å²) >= 11 is 0. The lowest BCUT2D eigenvalue weighted by atomic mass is 9.45. The third kappa shape index (κ3) is 3.93. The molecule has 1 aromatic rings. The molecule has 2 unspecified atom stereocenters. The molecule has 8 heteroatoms. The third-order valence-corrected chi connectivity index (χ3v) is 9.61. The number of halogens is 1. The van der Waals surface area contributed by atoms with Crippen LogP contribution in [-0.2, 0) is 19.6 Å². The van der Waals surface area contributed by atoms with Gasteiger partial charge in [-0.3, -0.25) is 9.59 Å². The molecule has 0 aromatic heterocycles. The van der Waals surface area contributed by atoms with E-state index in [1.807, 2.05) is 0 Å². The maximum absolute atomic E-state index is 13.9. The van der Waals surface area contributed by atoms with Gasteiger partial charge in [0.2, 0.25) is 15.9 Å². The minimum absolute atomic E-state index is 0.150. The van der Waals surface area contributed by atoms with Gasteiger partial charge in [0, 0.05) is 11.8 Å². The van der Waals surface area contributed by atoms with Crippen LogP contribution in [0.25, 0.3) is 0 Å². The van der Waals surface area contributed by atoms with E-state index in [9.17, 15) is 22.4 Å². The first-order valence-electron chi connectivity index (χ1n) is 11.0. The number of aryl methyl sites for hydroxylation is 1. The Kier molecular flexibility index (Phi) is 5.33. The van der Waals surface area contributed by atoms with Crippen LogP contribution in [0.2, 0.25) is 0 Å². The quantitative estimate of drug-likeness (QED) is 0.666. The summed E-state index contributed by atoms with van der Waals surface area (Å²) in [4.78, 5) is 25.1. The highest BCUT2D eigenvalue weighted by Gasteiger charge is 2.58. The molecule has 0 spiro atoms. The summed E-state index contributed by atoms with van der Waals surface area (Å²) in [6, 6.07) is 3.71. The molecule has 4 saturated carbocycles. The molecule has 4 aliphatic rings. The zero-order valence-corrected chi connectivity index (χ0v) is 19.1. The van der Waals surface area contributed by atoms with E-state index in [2.05, 4.69) is 4.72 Å². The summed E-state index contributed by atoms with van der Waals surface area (Å²) in [6.07, 6.45) is 4.64. The lowest BCUT2D eigenvalue weighted by Crippen LogP contribution is -2.57. The minimum atomic E-state index is -4.06. The van der Waals surface area contributed by atoms with Crippen LogP contribution in [0.5, 0.6) is 0 Å². The van der Waals surface area contributed by atoms with Crippen LogP contribution in [0.4, 0.5) is 4.39 Å². The van der Waals surface area contributed by atoms with Crippen molar-refractivity contribution in [1.29, 1.82) is 0 Å². The molecular weight excluding hydrogens is 419 g/mol. The molecule has 3 N–H and O–H groups in total. The van der Waals surface area contributed by atoms with Gasteiger partial charge in [-0.25, -0.2) is 12.8 Å². The van der Waals surface area contributed by atoms with Gasteiger partial charge in [-0.1, -0.05) is 6.07 Å². The molecule has 31 heavy (non-hydrogen) atoms. The van der Waals surface area contributed by atoms with Gasteiger partial charge in [-0.05, 0) is 94.2 Å². The smallest absolute Gasteiger partial charge is 0.241 e. The van der Waals surface area contributed by atoms with Crippen molar-refractivity contribution in [3.8, 4) is 0 Å². The van der Waals surface area contributed by atoms with Gasteiger partial charge in [0.15, 0.2) is 5.78 Å². The van der Waals surface area contributed by atoms with Gasteiger partial charge in [0.25, 0.3) is 0 Å². The second kappa shape index (κ2) is 7.37. The van der Waals surface area contributed by atoms with E-state index in [0.717, 1.165) is 38.2 Å². The molecule has 5 rings (SSSR count). The van der Waals surface area contributed by atoms with Gasteiger partial charge in [0.1, 0.15) is 5.82 Å². The standard InChI is InChI=1S/C23H31FN2O4S/c1-13-4-5-17(8-19(13)24)31(29,30)26-22(2,3)20(27)9-18-15-6-14-7-16(18)12-23(10-14,11-15)21(25)28/h4-5,8,14-16,18,26H,6-7,9-12H2,1-3H3,(H2,25,28). The van der Waals surface area contributed by atoms with E-state index in [4.69, 9.17) is 5.73 Å². The summed E-state index contributed by atoms with van der Waals surface area (Å²) in [5.41, 5.74) is 4.36. The lowest BCUT2D eigenvalue weighted by molar-refractivity contribution is -0.152. The number of hydrogen-bond donors (Lipinski definition) is 2. The monoisotopic (exact) mass is 450 g/mol. The largest absolute Gasteiger partial charge is 0.369 e. The molecule has 0 saturated heterocycles. The first kappa shape index (κ1) is 22.4. The first-order valence-corrected chi connectivity index (χ1v) is 12.4. The van der Waals surface area contributed by atoms with Gasteiger partial charge < -0.3 is 5.73 Å². The molecule has 1 aromatic carbocycles. The summed E-state index contributed by atoms with van der Waals surface area (Å²) in [5.74, 6) is 0.201. The van der Waals surface area contributed by atoms with Gasteiger partial charge in [-0.15, -0.1) is 0 Å². The van der Waals surface area contributed by atoms with Crippen LogP contribution in [-0.4, -0.2) is 25.6 Å². The summed E-state index contributed by atoms with van der Waals surface area (Å²) in [6.45, 7) is 4.66. The molecule has 0 heterocycles. The number of Topliss-reactive ketones (excluding diaryl/α,β-unsaturated/α-hetero) is 1. The first-order chi connectivity index (χ1) is 14.3. The fourth-order valence-corrected chi connectivity index (χ4v) is 7.84. The SMILES string of the molecule is Cc1ccc(S(=O)(=O)NC(C)(C)C(=O)CC2C3CC4CC2CC(C(N)=O)(C4)C3)cc1F. The molecule has 4 aliphatic carbocycles. The van der Waals surface area contributed by atoms with Crippen molar-refractivity contribution >= 4 is 21.7 Å². The number of nitrogens with two attached hydrogens (primary N) is 1. The summed E-state index contributed by atoms with van der Waals surface area (Å²) < 4.78 is 41.9. The van der Waals surface area contributed by atoms with Gasteiger partial charge in [0.05, 0.1) is 10.4 Å². The number of carbonyl (C=O) groups is 2. The Morgan fingerprint density at radius 3 is 2.35 bits per heavy atom. The topological polar surface area (TPSA) is 106 Å². The molecule has 4 bridgehead atoms. The van der Waals surface area contributed by atoms with E-state index in [0.29, 0.717) is 11.5 Å². The number of rotatable bonds is 7. The third-order valence-electron chi connectivity index (χ3n) is 7.95. The average Bonchev–Trinajstić information content (AvgIpc) is 2.65. The van der Waals surface area contributed by atoms with Crippen LogP contribution >= 0.6 is 0 Å². The number of primary amides is 1. The normalized spacial score (nSPS) is 32.3. The van der Waals surface area contributed by atoms with Crippen molar-refractivity contribution in [2.75, 3.05) is 0 Å². The molecule has 2 atom stereocenters. The number of ketones is 1. The summed E-state index contributed by atoms with van der Waals surface area (Å²) in [7, 11) is -4.06. The minimum Gasteiger partial charge on any atom is -0.369 e. The van der Waals surface area contributed by atoms with E-state index in [1.54, 1.807) is 20.8 Å². The zero-order valence-electron chi connectivity index (χ0n) is 18.3. The number of amides is 1. The van der Waals surface area contributed by atoms with Crippen molar-refractivity contribution in [1.82, 2.24) is 4.72 Å². The molecule has 0 aliphatic heterocycles. The molecule has 6 nitrogen and oxygen atoms in total. The van der Waals surface area contributed by atoms with Crippen LogP contribution in [0, 0.1) is 41.8 Å². The predicted molar refractivity (Wildman–Crippen MR) is 114 cm³/mol. The summed E-state index contributed by atoms with van der Waals surface area (Å²) in [5, 5.41) is 0. The highest BCUT2D eigenvalue weighted by molar-refractivity contribution is 7.89. The van der Waals surface area contributed by atoms with Crippen molar-refractivity contribution in [2.24, 2.45) is 34.8 Å². The number of nitrogens with one attached hydrogen (secondary N) is 1. The Labute approximate surface area is 183 Å². The number of benzene rings is 1. The molecule has 0 radical (unpaired) electrons. The molecule has 170 valence electrons. The zero-order chi connectivity index (χ0) is 22.8. The maximum Gasteiger partial charge on any atom is 0.241 e. The van der Waals surface area contributed by atoms with E-state index >= 15 is 0 Å². The van der Waals surface area contributed by atoms with Crippen molar-refractivity contribution < 1.29 is 22.4 Å². The van der Waals surface area contributed by atoms with Crippen LogP contribution in [0.1, 0.15) is 57.9 Å². The fourth-order valence-electron chi connectivity index (χ4n) is 6.43. The Morgan fingerprint density at radius 2 is 1.81 bits per heavy atom. The lowest BCUT2D eigenvalue weighted by Gasteiger charge is -2.59. The van der Waals surface area contributed by atoms with E-state index in [-0.39, 0.29) is 40.8 Å². The van der Waals surface area contributed by atoms with Crippen LogP contribution in [0.3, 0.4) is 0 Å². The Hall–Kier alpha value is -1.80. The second-order valence-corrected chi connectivity index (χ2v) is 12.2. The van der Waals surface area contributed by atoms with E-state index in [1.165, 1.54) is 12.1 Å². The average molecular weight is 451 g/mol. The molecular formula is C23H31FN2O4S. The maximum atomic E-state index is 13.9. The van der Waals surface area contributed by atoms with Gasteiger partial charge in [-0.2, -0.15) is 4.72 Å². The van der Waals surface area contributed by atoms with Crippen molar-refractivity contribution in [3.63, 3.8) is 0 Å². The number of carbonyl (C=O) groups excluding carboxylic acids is 2. The molecule has 4 fully saturated rings. The predicted octanol–water partition coefficient (Wildman–Crippen LogP) is 3.08. The fraction of sp³-hybridized carbons (Fsp3) is 0.652. The Bertz CT molecular complexity index is 1020. The number of sulfonamides is 1. The van der Waals surface area contributed by atoms with E-state index < -0.39 is 26.8 Å². The Balaban J connectivity index is 1.48. The van der Waals surface area contributed by atoms with Crippen LogP contribution < -0.4 is 10.5 Å². The molecule has 1 amide bonds. The van der Waals surface area contributed by atoms with Gasteiger partial charge >= 0.3 is 0 Å². The number of hydrogen-bond acceptors (Lipinski definition) is 4. The Morgan fingerprint density at radius 1 is 1.19 bits per heavy atom. The highest BCUT2D eigenvalue weighted by Crippen LogP contribution is 2.62. The van der Waals surface area contributed by atoms with Crippen molar-refractivity contribution in [3.05, 3.63) is 29.6 Å². The highest BCUT2D eigenvalue weighted by atomic mass is 32.2. The van der Waals surface area contributed by atoms with Crippen molar-refractivity contribution in [2.45, 2.75) is 69.7 Å².